The van der Waals surface area contributed by atoms with Crippen LogP contribution >= 0.6 is 15.9 Å². The lowest BCUT2D eigenvalue weighted by atomic mass is 10.1. The van der Waals surface area contributed by atoms with Crippen LogP contribution in [0, 0.1) is 0 Å². The molecule has 2 N–H and O–H groups in total. The summed E-state index contributed by atoms with van der Waals surface area (Å²) in [5.74, 6) is -0.234. The molecular formula is C23H22BrN3O2. The average molecular weight is 452 g/mol. The van der Waals surface area contributed by atoms with Crippen LogP contribution in [0.3, 0.4) is 0 Å². The molecule has 3 aromatic rings. The molecule has 0 fully saturated rings. The molecule has 5 nitrogen and oxygen atoms in total. The van der Waals surface area contributed by atoms with Crippen LogP contribution in [0.15, 0.2) is 83.3 Å². The van der Waals surface area contributed by atoms with Gasteiger partial charge in [0.05, 0.1) is 6.54 Å². The van der Waals surface area contributed by atoms with Crippen LogP contribution in [-0.4, -0.2) is 30.3 Å². The van der Waals surface area contributed by atoms with Crippen molar-refractivity contribution in [1.29, 1.82) is 0 Å². The maximum atomic E-state index is 12.7. The number of amides is 2. The van der Waals surface area contributed by atoms with Gasteiger partial charge in [0.1, 0.15) is 0 Å². The molecule has 0 heterocycles. The van der Waals surface area contributed by atoms with Crippen molar-refractivity contribution in [2.75, 3.05) is 24.2 Å². The molecule has 29 heavy (non-hydrogen) atoms. The van der Waals surface area contributed by atoms with E-state index >= 15 is 0 Å². The zero-order valence-electron chi connectivity index (χ0n) is 16.1. The Morgan fingerprint density at radius 1 is 0.897 bits per heavy atom. The zero-order chi connectivity index (χ0) is 20.6. The monoisotopic (exact) mass is 451 g/mol. The Morgan fingerprint density at radius 3 is 2.34 bits per heavy atom. The first-order chi connectivity index (χ1) is 14.0. The van der Waals surface area contributed by atoms with Crippen LogP contribution < -0.4 is 10.6 Å². The minimum atomic E-state index is -0.162. The summed E-state index contributed by atoms with van der Waals surface area (Å²) in [6.07, 6.45) is 0. The van der Waals surface area contributed by atoms with Crippen molar-refractivity contribution in [1.82, 2.24) is 4.90 Å². The van der Waals surface area contributed by atoms with Crippen LogP contribution in [0.5, 0.6) is 0 Å². The Hall–Kier alpha value is -3.12. The van der Waals surface area contributed by atoms with E-state index in [4.69, 9.17) is 0 Å². The second kappa shape index (κ2) is 9.89. The lowest BCUT2D eigenvalue weighted by Gasteiger charge is -2.18. The molecule has 6 heteroatoms. The van der Waals surface area contributed by atoms with E-state index in [0.29, 0.717) is 12.1 Å². The summed E-state index contributed by atoms with van der Waals surface area (Å²) in [6, 6.07) is 24.4. The number of hydrogen-bond acceptors (Lipinski definition) is 3. The van der Waals surface area contributed by atoms with E-state index in [0.717, 1.165) is 21.4 Å². The molecule has 3 rings (SSSR count). The summed E-state index contributed by atoms with van der Waals surface area (Å²) in [5, 5.41) is 5.89. The van der Waals surface area contributed by atoms with Crippen molar-refractivity contribution in [3.05, 3.63) is 94.5 Å². The van der Waals surface area contributed by atoms with Crippen molar-refractivity contribution in [3.8, 4) is 0 Å². The summed E-state index contributed by atoms with van der Waals surface area (Å²) in [4.78, 5) is 26.5. The van der Waals surface area contributed by atoms with Gasteiger partial charge < -0.3 is 15.5 Å². The fourth-order valence-electron chi connectivity index (χ4n) is 2.83. The van der Waals surface area contributed by atoms with Crippen LogP contribution in [0.1, 0.15) is 15.9 Å². The fourth-order valence-corrected chi connectivity index (χ4v) is 3.10. The predicted octanol–water partition coefficient (Wildman–Crippen LogP) is 4.77. The van der Waals surface area contributed by atoms with Gasteiger partial charge in [0, 0.05) is 35.0 Å². The zero-order valence-corrected chi connectivity index (χ0v) is 17.6. The second-order valence-electron chi connectivity index (χ2n) is 6.64. The first kappa shape index (κ1) is 20.6. The van der Waals surface area contributed by atoms with Crippen molar-refractivity contribution in [2.24, 2.45) is 0 Å². The topological polar surface area (TPSA) is 61.4 Å². The van der Waals surface area contributed by atoms with Crippen molar-refractivity contribution in [2.45, 2.75) is 6.54 Å². The van der Waals surface area contributed by atoms with Gasteiger partial charge in [-0.3, -0.25) is 9.59 Å². The summed E-state index contributed by atoms with van der Waals surface area (Å²) >= 11 is 3.36. The number of carbonyl (C=O) groups excluding carboxylic acids is 2. The summed E-state index contributed by atoms with van der Waals surface area (Å²) in [6.45, 7) is 0.639. The molecule has 2 amide bonds. The highest BCUT2D eigenvalue weighted by Gasteiger charge is 2.13. The maximum Gasteiger partial charge on any atom is 0.253 e. The standard InChI is InChI=1S/C23H22BrN3O2/c1-27(16-17-6-3-2-4-7-17)23(29)18-8-5-9-21(14-18)25-15-22(28)26-20-12-10-19(24)11-13-20/h2-14,25H,15-16H2,1H3,(H,26,28). The second-order valence-corrected chi connectivity index (χ2v) is 7.55. The van der Waals surface area contributed by atoms with Gasteiger partial charge in [-0.2, -0.15) is 0 Å². The third kappa shape index (κ3) is 6.19. The van der Waals surface area contributed by atoms with E-state index in [1.165, 1.54) is 0 Å². The predicted molar refractivity (Wildman–Crippen MR) is 120 cm³/mol. The Labute approximate surface area is 178 Å². The number of rotatable bonds is 7. The van der Waals surface area contributed by atoms with Gasteiger partial charge in [-0.1, -0.05) is 52.3 Å². The van der Waals surface area contributed by atoms with Crippen molar-refractivity contribution in [3.63, 3.8) is 0 Å². The van der Waals surface area contributed by atoms with E-state index in [-0.39, 0.29) is 18.4 Å². The number of anilines is 2. The van der Waals surface area contributed by atoms with Gasteiger partial charge in [-0.05, 0) is 48.0 Å². The number of nitrogens with zero attached hydrogens (tertiary/aromatic N) is 1. The Bertz CT molecular complexity index is 975. The van der Waals surface area contributed by atoms with Crippen molar-refractivity contribution >= 4 is 39.1 Å². The van der Waals surface area contributed by atoms with Gasteiger partial charge in [-0.25, -0.2) is 0 Å². The highest BCUT2D eigenvalue weighted by Crippen LogP contribution is 2.15. The fraction of sp³-hybridized carbons (Fsp3) is 0.130. The van der Waals surface area contributed by atoms with Crippen LogP contribution in [0.4, 0.5) is 11.4 Å². The van der Waals surface area contributed by atoms with Crippen molar-refractivity contribution < 1.29 is 9.59 Å². The number of hydrogen-bond donors (Lipinski definition) is 2. The van der Waals surface area contributed by atoms with Gasteiger partial charge in [-0.15, -0.1) is 0 Å². The normalized spacial score (nSPS) is 10.3. The molecule has 3 aromatic carbocycles. The Balaban J connectivity index is 1.56. The molecule has 0 spiro atoms. The Kier molecular flexibility index (Phi) is 7.03. The van der Waals surface area contributed by atoms with E-state index in [1.54, 1.807) is 30.1 Å². The highest BCUT2D eigenvalue weighted by molar-refractivity contribution is 9.10. The molecule has 0 radical (unpaired) electrons. The van der Waals surface area contributed by atoms with E-state index in [2.05, 4.69) is 26.6 Å². The minimum absolute atomic E-state index is 0.0724. The third-order valence-electron chi connectivity index (χ3n) is 4.30. The number of benzene rings is 3. The number of nitrogens with one attached hydrogen (secondary N) is 2. The van der Waals surface area contributed by atoms with Crippen LogP contribution in [-0.2, 0) is 11.3 Å². The van der Waals surface area contributed by atoms with Crippen LogP contribution in [0.2, 0.25) is 0 Å². The minimum Gasteiger partial charge on any atom is -0.376 e. The maximum absolute atomic E-state index is 12.7. The lowest BCUT2D eigenvalue weighted by Crippen LogP contribution is -2.26. The van der Waals surface area contributed by atoms with E-state index < -0.39 is 0 Å². The highest BCUT2D eigenvalue weighted by atomic mass is 79.9. The molecule has 0 aromatic heterocycles. The lowest BCUT2D eigenvalue weighted by molar-refractivity contribution is -0.114. The number of halogens is 1. The Morgan fingerprint density at radius 2 is 1.62 bits per heavy atom. The molecule has 0 saturated carbocycles. The summed E-state index contributed by atoms with van der Waals surface area (Å²) < 4.78 is 0.951. The molecule has 0 saturated heterocycles. The van der Waals surface area contributed by atoms with E-state index in [9.17, 15) is 9.59 Å². The molecule has 0 unspecified atom stereocenters. The van der Waals surface area contributed by atoms with Gasteiger partial charge in [0.15, 0.2) is 0 Å². The third-order valence-corrected chi connectivity index (χ3v) is 4.83. The van der Waals surface area contributed by atoms with Crippen LogP contribution in [0.25, 0.3) is 0 Å². The smallest absolute Gasteiger partial charge is 0.253 e. The molecule has 0 aliphatic carbocycles. The molecular weight excluding hydrogens is 430 g/mol. The van der Waals surface area contributed by atoms with Gasteiger partial charge >= 0.3 is 0 Å². The largest absolute Gasteiger partial charge is 0.376 e. The van der Waals surface area contributed by atoms with Gasteiger partial charge in [0.2, 0.25) is 5.91 Å². The van der Waals surface area contributed by atoms with E-state index in [1.807, 2.05) is 60.7 Å². The SMILES string of the molecule is CN(Cc1ccccc1)C(=O)c1cccc(NCC(=O)Nc2ccc(Br)cc2)c1. The summed E-state index contributed by atoms with van der Waals surface area (Å²) in [5.41, 5.74) is 3.09. The number of carbonyl (C=O) groups is 2. The first-order valence-electron chi connectivity index (χ1n) is 9.20. The molecule has 0 bridgehead atoms. The molecule has 0 atom stereocenters. The quantitative estimate of drug-likeness (QED) is 0.543. The van der Waals surface area contributed by atoms with Gasteiger partial charge in [0.25, 0.3) is 5.91 Å². The molecule has 0 aliphatic rings. The summed E-state index contributed by atoms with van der Waals surface area (Å²) in [7, 11) is 1.78. The average Bonchev–Trinajstić information content (AvgIpc) is 2.74. The molecule has 0 aliphatic heterocycles. The molecule has 148 valence electrons. The first-order valence-corrected chi connectivity index (χ1v) is 9.99.